The number of hydrogen-bond acceptors (Lipinski definition) is 3. The normalized spacial score (nSPS) is 19.4. The van der Waals surface area contributed by atoms with Gasteiger partial charge >= 0.3 is 0 Å². The molecule has 0 radical (unpaired) electrons. The van der Waals surface area contributed by atoms with Crippen molar-refractivity contribution in [3.05, 3.63) is 22.2 Å². The number of fused-ring (bicyclic) bond motifs is 1. The fourth-order valence-electron chi connectivity index (χ4n) is 3.01. The molecule has 0 bridgehead atoms. The van der Waals surface area contributed by atoms with Gasteiger partial charge < -0.3 is 9.47 Å². The lowest BCUT2D eigenvalue weighted by molar-refractivity contribution is 0.0906. The second-order valence-electron chi connectivity index (χ2n) is 5.53. The Morgan fingerprint density at radius 3 is 2.25 bits per heavy atom. The molecular formula is C16H19BrO3. The minimum Gasteiger partial charge on any atom is -0.486 e. The van der Waals surface area contributed by atoms with E-state index in [1.807, 2.05) is 12.1 Å². The van der Waals surface area contributed by atoms with Gasteiger partial charge in [-0.15, -0.1) is 0 Å². The molecule has 0 atom stereocenters. The second kappa shape index (κ2) is 6.17. The largest absolute Gasteiger partial charge is 0.486 e. The molecule has 3 nitrogen and oxygen atoms in total. The summed E-state index contributed by atoms with van der Waals surface area (Å²) in [6.45, 7) is 1.11. The first-order valence-corrected chi connectivity index (χ1v) is 8.18. The zero-order chi connectivity index (χ0) is 13.9. The molecule has 1 aliphatic heterocycles. The highest BCUT2D eigenvalue weighted by molar-refractivity contribution is 9.10. The molecule has 0 aromatic heterocycles. The van der Waals surface area contributed by atoms with Crippen LogP contribution in [0.2, 0.25) is 0 Å². The molecule has 1 heterocycles. The van der Waals surface area contributed by atoms with Gasteiger partial charge in [-0.25, -0.2) is 0 Å². The highest BCUT2D eigenvalue weighted by Gasteiger charge is 2.25. The molecule has 0 unspecified atom stereocenters. The molecule has 0 N–H and O–H groups in total. The average molecular weight is 339 g/mol. The first kappa shape index (κ1) is 13.9. The SMILES string of the molecule is O=C(c1cc2c(cc1Br)OCCO2)C1CCCCCC1. The predicted octanol–water partition coefficient (Wildman–Crippen LogP) is 4.37. The molecule has 20 heavy (non-hydrogen) atoms. The number of benzene rings is 1. The standard InChI is InChI=1S/C16H19BrO3/c17-13-10-15-14(19-7-8-20-15)9-12(13)16(18)11-5-3-1-2-4-6-11/h9-11H,1-8H2. The fraction of sp³-hybridized carbons (Fsp3) is 0.562. The van der Waals surface area contributed by atoms with Crippen LogP contribution >= 0.6 is 15.9 Å². The molecule has 1 aromatic rings. The molecule has 108 valence electrons. The maximum absolute atomic E-state index is 12.7. The number of ketones is 1. The van der Waals surface area contributed by atoms with Crippen LogP contribution in [0.3, 0.4) is 0 Å². The van der Waals surface area contributed by atoms with E-state index in [1.54, 1.807) is 0 Å². The molecular weight excluding hydrogens is 320 g/mol. The first-order chi connectivity index (χ1) is 9.75. The van der Waals surface area contributed by atoms with Gasteiger partial charge in [0.1, 0.15) is 13.2 Å². The lowest BCUT2D eigenvalue weighted by atomic mass is 9.91. The summed E-state index contributed by atoms with van der Waals surface area (Å²) in [7, 11) is 0. The van der Waals surface area contributed by atoms with E-state index in [2.05, 4.69) is 15.9 Å². The van der Waals surface area contributed by atoms with E-state index in [9.17, 15) is 4.79 Å². The smallest absolute Gasteiger partial charge is 0.167 e. The number of ether oxygens (including phenoxy) is 2. The Labute approximate surface area is 127 Å². The summed E-state index contributed by atoms with van der Waals surface area (Å²) < 4.78 is 11.9. The monoisotopic (exact) mass is 338 g/mol. The Kier molecular flexibility index (Phi) is 4.29. The van der Waals surface area contributed by atoms with Crippen LogP contribution in [-0.2, 0) is 0 Å². The van der Waals surface area contributed by atoms with Crippen molar-refractivity contribution in [2.24, 2.45) is 5.92 Å². The zero-order valence-corrected chi connectivity index (χ0v) is 13.1. The van der Waals surface area contributed by atoms with Gasteiger partial charge in [-0.2, -0.15) is 0 Å². The number of carbonyl (C=O) groups is 1. The van der Waals surface area contributed by atoms with E-state index in [0.717, 1.165) is 28.6 Å². The predicted molar refractivity (Wildman–Crippen MR) is 80.7 cm³/mol. The average Bonchev–Trinajstić information content (AvgIpc) is 2.75. The molecule has 0 saturated heterocycles. The van der Waals surface area contributed by atoms with Crippen molar-refractivity contribution >= 4 is 21.7 Å². The number of carbonyl (C=O) groups excluding carboxylic acids is 1. The highest BCUT2D eigenvalue weighted by Crippen LogP contribution is 2.37. The molecule has 0 amide bonds. The number of hydrogen-bond donors (Lipinski definition) is 0. The van der Waals surface area contributed by atoms with Crippen molar-refractivity contribution in [3.8, 4) is 11.5 Å². The summed E-state index contributed by atoms with van der Waals surface area (Å²) in [5.74, 6) is 1.82. The van der Waals surface area contributed by atoms with E-state index in [4.69, 9.17) is 9.47 Å². The van der Waals surface area contributed by atoms with Crippen LogP contribution in [0.1, 0.15) is 48.9 Å². The van der Waals surface area contributed by atoms with Crippen molar-refractivity contribution in [3.63, 3.8) is 0 Å². The van der Waals surface area contributed by atoms with Crippen molar-refractivity contribution in [1.29, 1.82) is 0 Å². The molecule has 0 spiro atoms. The summed E-state index contributed by atoms with van der Waals surface area (Å²) in [5, 5.41) is 0. The minimum absolute atomic E-state index is 0.163. The Balaban J connectivity index is 1.86. The van der Waals surface area contributed by atoms with Gasteiger partial charge in [0.25, 0.3) is 0 Å². The molecule has 3 rings (SSSR count). The summed E-state index contributed by atoms with van der Waals surface area (Å²) in [6.07, 6.45) is 6.87. The zero-order valence-electron chi connectivity index (χ0n) is 11.5. The molecule has 1 aromatic carbocycles. The first-order valence-electron chi connectivity index (χ1n) is 7.39. The summed E-state index contributed by atoms with van der Waals surface area (Å²) in [5.41, 5.74) is 0.737. The van der Waals surface area contributed by atoms with Crippen LogP contribution in [0, 0.1) is 5.92 Å². The van der Waals surface area contributed by atoms with Gasteiger partial charge in [-0.3, -0.25) is 4.79 Å². The van der Waals surface area contributed by atoms with E-state index in [1.165, 1.54) is 25.7 Å². The topological polar surface area (TPSA) is 35.5 Å². The third kappa shape index (κ3) is 2.85. The van der Waals surface area contributed by atoms with Crippen LogP contribution in [0.4, 0.5) is 0 Å². The van der Waals surface area contributed by atoms with Gasteiger partial charge in [-0.1, -0.05) is 25.7 Å². The fourth-order valence-corrected chi connectivity index (χ4v) is 3.53. The van der Waals surface area contributed by atoms with Gasteiger partial charge in [0.15, 0.2) is 17.3 Å². The maximum atomic E-state index is 12.7. The van der Waals surface area contributed by atoms with Crippen LogP contribution in [0.5, 0.6) is 11.5 Å². The van der Waals surface area contributed by atoms with Crippen molar-refractivity contribution in [2.75, 3.05) is 13.2 Å². The molecule has 1 aliphatic carbocycles. The Hall–Kier alpha value is -1.03. The number of halogens is 1. The van der Waals surface area contributed by atoms with Crippen molar-refractivity contribution in [1.82, 2.24) is 0 Å². The molecule has 2 aliphatic rings. The minimum atomic E-state index is 0.163. The van der Waals surface area contributed by atoms with E-state index in [0.29, 0.717) is 19.0 Å². The summed E-state index contributed by atoms with van der Waals surface area (Å²) in [6, 6.07) is 3.70. The molecule has 4 heteroatoms. The van der Waals surface area contributed by atoms with Crippen LogP contribution in [-0.4, -0.2) is 19.0 Å². The quantitative estimate of drug-likeness (QED) is 0.593. The van der Waals surface area contributed by atoms with Gasteiger partial charge in [0.2, 0.25) is 0 Å². The Morgan fingerprint density at radius 1 is 1.00 bits per heavy atom. The third-order valence-electron chi connectivity index (χ3n) is 4.12. The van der Waals surface area contributed by atoms with E-state index < -0.39 is 0 Å². The third-order valence-corrected chi connectivity index (χ3v) is 4.78. The Morgan fingerprint density at radius 2 is 1.60 bits per heavy atom. The summed E-state index contributed by atoms with van der Waals surface area (Å²) in [4.78, 5) is 12.7. The van der Waals surface area contributed by atoms with Crippen LogP contribution < -0.4 is 9.47 Å². The molecule has 1 saturated carbocycles. The van der Waals surface area contributed by atoms with Crippen LogP contribution in [0.25, 0.3) is 0 Å². The summed E-state index contributed by atoms with van der Waals surface area (Å²) >= 11 is 3.51. The second-order valence-corrected chi connectivity index (χ2v) is 6.38. The number of Topliss-reactive ketones (excluding diaryl/α,β-unsaturated/α-hetero) is 1. The van der Waals surface area contributed by atoms with Crippen molar-refractivity contribution in [2.45, 2.75) is 38.5 Å². The van der Waals surface area contributed by atoms with Gasteiger partial charge in [-0.05, 0) is 40.9 Å². The highest BCUT2D eigenvalue weighted by atomic mass is 79.9. The number of rotatable bonds is 2. The lowest BCUT2D eigenvalue weighted by Gasteiger charge is -2.21. The lowest BCUT2D eigenvalue weighted by Crippen LogP contribution is -2.18. The maximum Gasteiger partial charge on any atom is 0.167 e. The van der Waals surface area contributed by atoms with E-state index in [-0.39, 0.29) is 11.7 Å². The Bertz CT molecular complexity index is 505. The van der Waals surface area contributed by atoms with Gasteiger partial charge in [0, 0.05) is 16.0 Å². The van der Waals surface area contributed by atoms with Crippen LogP contribution in [0.15, 0.2) is 16.6 Å². The van der Waals surface area contributed by atoms with Gasteiger partial charge in [0.05, 0.1) is 0 Å². The van der Waals surface area contributed by atoms with E-state index >= 15 is 0 Å². The molecule has 1 fully saturated rings. The van der Waals surface area contributed by atoms with Crippen molar-refractivity contribution < 1.29 is 14.3 Å².